The van der Waals surface area contributed by atoms with Crippen molar-refractivity contribution in [2.24, 2.45) is 0 Å². The summed E-state index contributed by atoms with van der Waals surface area (Å²) in [5, 5.41) is 15.9. The lowest BCUT2D eigenvalue weighted by Gasteiger charge is -2.03. The number of nitrogens with zero attached hydrogens (tertiary/aromatic N) is 1. The summed E-state index contributed by atoms with van der Waals surface area (Å²) in [6.07, 6.45) is -1.14. The van der Waals surface area contributed by atoms with E-state index in [1.165, 1.54) is 0 Å². The van der Waals surface area contributed by atoms with E-state index in [-0.39, 0.29) is 5.88 Å². The molecule has 0 aromatic carbocycles. The minimum Gasteiger partial charge on any atom is -0.377 e. The fourth-order valence-corrected chi connectivity index (χ4v) is 0.390. The predicted molar refractivity (Wildman–Crippen MR) is 32.0 cm³/mol. The van der Waals surface area contributed by atoms with E-state index in [0.29, 0.717) is 0 Å². The molecule has 0 spiro atoms. The van der Waals surface area contributed by atoms with Gasteiger partial charge in [0.25, 0.3) is 0 Å². The Hall–Kier alpha value is 0.0300. The maximum atomic E-state index is 8.55. The molecule has 2 atom stereocenters. The topological polar surface area (TPSA) is 44.0 Å². The Morgan fingerprint density at radius 2 is 2.25 bits per heavy atom. The molecule has 46 valence electrons. The van der Waals surface area contributed by atoms with E-state index in [9.17, 15) is 0 Å². The number of nitriles is 1. The molecule has 4 heteroatoms. The molecule has 0 aromatic heterocycles. The van der Waals surface area contributed by atoms with Crippen molar-refractivity contribution in [2.75, 3.05) is 5.88 Å². The third-order valence-electron chi connectivity index (χ3n) is 0.622. The molecule has 0 aliphatic carbocycles. The van der Waals surface area contributed by atoms with Crippen molar-refractivity contribution in [3.8, 4) is 6.07 Å². The van der Waals surface area contributed by atoms with Crippen LogP contribution in [-0.4, -0.2) is 22.5 Å². The molecule has 0 saturated heterocycles. The zero-order valence-electron chi connectivity index (χ0n) is 4.01. The van der Waals surface area contributed by atoms with E-state index in [1.54, 1.807) is 6.07 Å². The Morgan fingerprint density at radius 3 is 2.38 bits per heavy atom. The van der Waals surface area contributed by atoms with Crippen LogP contribution in [-0.2, 0) is 0 Å². The van der Waals surface area contributed by atoms with Gasteiger partial charge < -0.3 is 5.11 Å². The number of halogens is 2. The number of aliphatic hydroxyl groups is 1. The Bertz CT molecular complexity index is 101. The van der Waals surface area contributed by atoms with Crippen LogP contribution >= 0.6 is 23.2 Å². The first kappa shape index (κ1) is 8.03. The highest BCUT2D eigenvalue weighted by Crippen LogP contribution is 2.03. The fourth-order valence-electron chi connectivity index (χ4n) is 0.165. The lowest BCUT2D eigenvalue weighted by molar-refractivity contribution is 0.230. The van der Waals surface area contributed by atoms with Crippen LogP contribution in [0.4, 0.5) is 0 Å². The standard InChI is InChI=1S/C4H5Cl2NO/c5-1-3(6)4(8)2-7/h3-4,8H,1H2/t3-,4+/m1/s1. The molecule has 0 radical (unpaired) electrons. The zero-order valence-corrected chi connectivity index (χ0v) is 5.52. The molecule has 0 fully saturated rings. The number of aliphatic hydroxyl groups excluding tert-OH is 1. The normalized spacial score (nSPS) is 16.8. The van der Waals surface area contributed by atoms with Gasteiger partial charge in [0.1, 0.15) is 0 Å². The molecule has 0 aliphatic rings. The third kappa shape index (κ3) is 2.37. The number of hydrogen-bond acceptors (Lipinski definition) is 2. The average molecular weight is 154 g/mol. The van der Waals surface area contributed by atoms with E-state index in [0.717, 1.165) is 0 Å². The monoisotopic (exact) mass is 153 g/mol. The maximum Gasteiger partial charge on any atom is 0.157 e. The van der Waals surface area contributed by atoms with E-state index in [1.807, 2.05) is 0 Å². The van der Waals surface area contributed by atoms with Crippen molar-refractivity contribution in [2.45, 2.75) is 11.5 Å². The van der Waals surface area contributed by atoms with Gasteiger partial charge in [0.05, 0.1) is 11.4 Å². The molecule has 0 unspecified atom stereocenters. The molecule has 0 heterocycles. The van der Waals surface area contributed by atoms with Gasteiger partial charge in [-0.15, -0.1) is 23.2 Å². The van der Waals surface area contributed by atoms with Gasteiger partial charge in [0.15, 0.2) is 6.10 Å². The van der Waals surface area contributed by atoms with Gasteiger partial charge in [0, 0.05) is 5.88 Å². The largest absolute Gasteiger partial charge is 0.377 e. The molecule has 0 saturated carbocycles. The summed E-state index contributed by atoms with van der Waals surface area (Å²) in [4.78, 5) is 0. The summed E-state index contributed by atoms with van der Waals surface area (Å²) in [7, 11) is 0. The molecular formula is C4H5Cl2NO. The van der Waals surface area contributed by atoms with Crippen LogP contribution in [0.2, 0.25) is 0 Å². The summed E-state index contributed by atoms with van der Waals surface area (Å²) in [5.74, 6) is 0.0935. The number of rotatable bonds is 2. The Balaban J connectivity index is 3.49. The molecule has 0 amide bonds. The molecule has 0 aliphatic heterocycles. The van der Waals surface area contributed by atoms with Crippen LogP contribution in [0.1, 0.15) is 0 Å². The molecular weight excluding hydrogens is 149 g/mol. The quantitative estimate of drug-likeness (QED) is 0.470. The molecule has 8 heavy (non-hydrogen) atoms. The van der Waals surface area contributed by atoms with Crippen LogP contribution in [0.15, 0.2) is 0 Å². The van der Waals surface area contributed by atoms with Gasteiger partial charge in [-0.2, -0.15) is 5.26 Å². The van der Waals surface area contributed by atoms with Gasteiger partial charge in [-0.3, -0.25) is 0 Å². The van der Waals surface area contributed by atoms with Crippen molar-refractivity contribution >= 4 is 23.2 Å². The smallest absolute Gasteiger partial charge is 0.157 e. The van der Waals surface area contributed by atoms with Gasteiger partial charge >= 0.3 is 0 Å². The summed E-state index contributed by atoms with van der Waals surface area (Å²) >= 11 is 10.5. The van der Waals surface area contributed by atoms with Gasteiger partial charge in [-0.25, -0.2) is 0 Å². The predicted octanol–water partition coefficient (Wildman–Crippen LogP) is 0.717. The minimum atomic E-state index is -1.14. The summed E-state index contributed by atoms with van der Waals surface area (Å²) < 4.78 is 0. The van der Waals surface area contributed by atoms with Crippen molar-refractivity contribution in [1.29, 1.82) is 5.26 Å². The van der Waals surface area contributed by atoms with Crippen molar-refractivity contribution < 1.29 is 5.11 Å². The second kappa shape index (κ2) is 3.96. The first-order chi connectivity index (χ1) is 3.72. The molecule has 0 aromatic rings. The Morgan fingerprint density at radius 1 is 1.75 bits per heavy atom. The van der Waals surface area contributed by atoms with E-state index in [4.69, 9.17) is 33.6 Å². The first-order valence-electron chi connectivity index (χ1n) is 2.00. The van der Waals surface area contributed by atoms with E-state index in [2.05, 4.69) is 0 Å². The molecule has 1 N–H and O–H groups in total. The Labute approximate surface area is 57.6 Å². The van der Waals surface area contributed by atoms with Crippen LogP contribution < -0.4 is 0 Å². The zero-order chi connectivity index (χ0) is 6.57. The van der Waals surface area contributed by atoms with Gasteiger partial charge in [0.2, 0.25) is 0 Å². The van der Waals surface area contributed by atoms with Crippen LogP contribution in [0.3, 0.4) is 0 Å². The fraction of sp³-hybridized carbons (Fsp3) is 0.750. The lowest BCUT2D eigenvalue weighted by atomic mass is 10.3. The van der Waals surface area contributed by atoms with E-state index < -0.39 is 11.5 Å². The summed E-state index contributed by atoms with van der Waals surface area (Å²) in [6, 6.07) is 1.55. The summed E-state index contributed by atoms with van der Waals surface area (Å²) in [5.41, 5.74) is 0. The van der Waals surface area contributed by atoms with Gasteiger partial charge in [-0.05, 0) is 0 Å². The van der Waals surface area contributed by atoms with Crippen molar-refractivity contribution in [3.05, 3.63) is 0 Å². The van der Waals surface area contributed by atoms with Crippen LogP contribution in [0, 0.1) is 11.3 Å². The molecule has 2 nitrogen and oxygen atoms in total. The number of alkyl halides is 2. The number of hydrogen-bond donors (Lipinski definition) is 1. The van der Waals surface area contributed by atoms with E-state index >= 15 is 0 Å². The lowest BCUT2D eigenvalue weighted by Crippen LogP contribution is -2.19. The highest BCUT2D eigenvalue weighted by molar-refractivity contribution is 6.28. The average Bonchev–Trinajstić information content (AvgIpc) is 1.84. The molecule has 0 rings (SSSR count). The Kier molecular flexibility index (Phi) is 3.98. The maximum absolute atomic E-state index is 8.55. The van der Waals surface area contributed by atoms with Crippen LogP contribution in [0.25, 0.3) is 0 Å². The summed E-state index contributed by atoms with van der Waals surface area (Å²) in [6.45, 7) is 0. The minimum absolute atomic E-state index is 0.0935. The third-order valence-corrected chi connectivity index (χ3v) is 1.51. The second-order valence-corrected chi connectivity index (χ2v) is 2.11. The molecule has 0 bridgehead atoms. The SMILES string of the molecule is N#C[C@H](O)[C@H](Cl)CCl. The highest BCUT2D eigenvalue weighted by Gasteiger charge is 2.12. The second-order valence-electron chi connectivity index (χ2n) is 1.24. The van der Waals surface area contributed by atoms with Crippen molar-refractivity contribution in [1.82, 2.24) is 0 Å². The van der Waals surface area contributed by atoms with Crippen LogP contribution in [0.5, 0.6) is 0 Å². The first-order valence-corrected chi connectivity index (χ1v) is 2.97. The van der Waals surface area contributed by atoms with Crippen molar-refractivity contribution in [3.63, 3.8) is 0 Å². The van der Waals surface area contributed by atoms with Gasteiger partial charge in [-0.1, -0.05) is 0 Å². The highest BCUT2D eigenvalue weighted by atomic mass is 35.5.